The minimum Gasteiger partial charge on any atom is -0.484 e. The molecule has 1 aliphatic heterocycles. The van der Waals surface area contributed by atoms with Gasteiger partial charge < -0.3 is 9.64 Å². The molecular formula is C25H24ClFN2O2. The molecule has 31 heavy (non-hydrogen) atoms. The summed E-state index contributed by atoms with van der Waals surface area (Å²) in [5.74, 6) is 0.344. The second-order valence-electron chi connectivity index (χ2n) is 7.52. The van der Waals surface area contributed by atoms with Crippen molar-refractivity contribution in [2.75, 3.05) is 32.8 Å². The first-order valence-electron chi connectivity index (χ1n) is 10.3. The summed E-state index contributed by atoms with van der Waals surface area (Å²) in [5.41, 5.74) is 2.19. The van der Waals surface area contributed by atoms with Gasteiger partial charge in [-0.25, -0.2) is 4.39 Å². The number of hydrogen-bond donors (Lipinski definition) is 0. The molecule has 1 aliphatic rings. The topological polar surface area (TPSA) is 32.8 Å². The van der Waals surface area contributed by atoms with Crippen molar-refractivity contribution in [3.8, 4) is 5.75 Å². The van der Waals surface area contributed by atoms with Gasteiger partial charge in [-0.2, -0.15) is 0 Å². The van der Waals surface area contributed by atoms with Crippen molar-refractivity contribution in [1.82, 2.24) is 9.80 Å². The van der Waals surface area contributed by atoms with Crippen molar-refractivity contribution in [3.05, 3.63) is 101 Å². The highest BCUT2D eigenvalue weighted by Gasteiger charge is 2.28. The van der Waals surface area contributed by atoms with E-state index < -0.39 is 0 Å². The van der Waals surface area contributed by atoms with E-state index in [2.05, 4.69) is 17.0 Å². The van der Waals surface area contributed by atoms with E-state index in [1.165, 1.54) is 12.1 Å². The van der Waals surface area contributed by atoms with Gasteiger partial charge in [0.05, 0.1) is 6.04 Å². The zero-order chi connectivity index (χ0) is 21.6. The van der Waals surface area contributed by atoms with Gasteiger partial charge in [0.1, 0.15) is 11.6 Å². The molecule has 0 bridgehead atoms. The lowest BCUT2D eigenvalue weighted by atomic mass is 9.96. The van der Waals surface area contributed by atoms with Gasteiger partial charge in [-0.05, 0) is 47.5 Å². The smallest absolute Gasteiger partial charge is 0.260 e. The maximum Gasteiger partial charge on any atom is 0.260 e. The van der Waals surface area contributed by atoms with Crippen molar-refractivity contribution in [3.63, 3.8) is 0 Å². The number of carbonyl (C=O) groups excluding carboxylic acids is 1. The molecule has 6 heteroatoms. The van der Waals surface area contributed by atoms with E-state index in [0.717, 1.165) is 24.2 Å². The van der Waals surface area contributed by atoms with E-state index in [1.54, 1.807) is 24.3 Å². The molecule has 160 valence electrons. The second-order valence-corrected chi connectivity index (χ2v) is 7.96. The molecule has 4 rings (SSSR count). The zero-order valence-electron chi connectivity index (χ0n) is 17.1. The average Bonchev–Trinajstić information content (AvgIpc) is 2.81. The summed E-state index contributed by atoms with van der Waals surface area (Å²) in [4.78, 5) is 16.8. The summed E-state index contributed by atoms with van der Waals surface area (Å²) in [5, 5.41) is 0.629. The number of ether oxygens (including phenoxy) is 1. The van der Waals surface area contributed by atoms with Crippen molar-refractivity contribution < 1.29 is 13.9 Å². The highest BCUT2D eigenvalue weighted by molar-refractivity contribution is 6.30. The van der Waals surface area contributed by atoms with E-state index >= 15 is 0 Å². The Hall–Kier alpha value is -2.89. The fourth-order valence-corrected chi connectivity index (χ4v) is 4.02. The number of nitrogens with zero attached hydrogens (tertiary/aromatic N) is 2. The maximum absolute atomic E-state index is 13.5. The van der Waals surface area contributed by atoms with Crippen molar-refractivity contribution in [2.45, 2.75) is 6.04 Å². The molecule has 4 nitrogen and oxygen atoms in total. The first kappa shape index (κ1) is 21.3. The SMILES string of the molecule is O=C(COc1ccc(Cl)cc1)N1CCN([C@@H](c2ccccc2)c2ccc(F)cc2)CC1. The van der Waals surface area contributed by atoms with E-state index in [4.69, 9.17) is 16.3 Å². The molecule has 1 amide bonds. The van der Waals surface area contributed by atoms with Crippen molar-refractivity contribution in [2.24, 2.45) is 0 Å². The fourth-order valence-electron chi connectivity index (χ4n) is 3.89. The molecule has 1 heterocycles. The molecule has 0 spiro atoms. The lowest BCUT2D eigenvalue weighted by molar-refractivity contribution is -0.135. The predicted octanol–water partition coefficient (Wildman–Crippen LogP) is 4.79. The number of amides is 1. The van der Waals surface area contributed by atoms with Gasteiger partial charge in [0.2, 0.25) is 0 Å². The van der Waals surface area contributed by atoms with Crippen molar-refractivity contribution >= 4 is 17.5 Å². The number of halogens is 2. The minimum absolute atomic E-state index is 0.00169. The van der Waals surface area contributed by atoms with Crippen LogP contribution in [0.25, 0.3) is 0 Å². The van der Waals surface area contributed by atoms with Crippen LogP contribution in [0.2, 0.25) is 5.02 Å². The molecule has 0 unspecified atom stereocenters. The molecule has 1 fully saturated rings. The molecule has 1 saturated heterocycles. The molecule has 0 aliphatic carbocycles. The monoisotopic (exact) mass is 438 g/mol. The van der Waals surface area contributed by atoms with Gasteiger partial charge in [0.15, 0.2) is 6.61 Å². The predicted molar refractivity (Wildman–Crippen MR) is 120 cm³/mol. The quantitative estimate of drug-likeness (QED) is 0.554. The lowest BCUT2D eigenvalue weighted by Crippen LogP contribution is -2.51. The fraction of sp³-hybridized carbons (Fsp3) is 0.240. The Labute approximate surface area is 186 Å². The van der Waals surface area contributed by atoms with Gasteiger partial charge in [0, 0.05) is 31.2 Å². The molecule has 3 aromatic rings. The molecular weight excluding hydrogens is 415 g/mol. The third-order valence-corrected chi connectivity index (χ3v) is 5.76. The maximum atomic E-state index is 13.5. The summed E-state index contributed by atoms with van der Waals surface area (Å²) < 4.78 is 19.1. The second kappa shape index (κ2) is 9.94. The number of benzene rings is 3. The molecule has 0 aromatic heterocycles. The summed E-state index contributed by atoms with van der Waals surface area (Å²) in [6, 6.07) is 23.9. The van der Waals surface area contributed by atoms with Crippen LogP contribution >= 0.6 is 11.6 Å². The van der Waals surface area contributed by atoms with E-state index in [0.29, 0.717) is 23.9 Å². The Morgan fingerprint density at radius 3 is 2.13 bits per heavy atom. The third-order valence-electron chi connectivity index (χ3n) is 5.51. The van der Waals surface area contributed by atoms with Crippen molar-refractivity contribution in [1.29, 1.82) is 0 Å². The van der Waals surface area contributed by atoms with Gasteiger partial charge >= 0.3 is 0 Å². The van der Waals surface area contributed by atoms with E-state index in [1.807, 2.05) is 35.2 Å². The number of carbonyl (C=O) groups is 1. The molecule has 1 atom stereocenters. The van der Waals surface area contributed by atoms with Gasteiger partial charge in [-0.3, -0.25) is 9.69 Å². The Kier molecular flexibility index (Phi) is 6.85. The van der Waals surface area contributed by atoms with Crippen LogP contribution in [0.4, 0.5) is 4.39 Å². The Morgan fingerprint density at radius 1 is 0.871 bits per heavy atom. The van der Waals surface area contributed by atoms with Crippen LogP contribution in [0, 0.1) is 5.82 Å². The number of piperazine rings is 1. The van der Waals surface area contributed by atoms with Crippen LogP contribution in [-0.2, 0) is 4.79 Å². The lowest BCUT2D eigenvalue weighted by Gasteiger charge is -2.39. The molecule has 3 aromatic carbocycles. The van der Waals surface area contributed by atoms with Gasteiger partial charge in [-0.1, -0.05) is 54.1 Å². The van der Waals surface area contributed by atoms with E-state index in [9.17, 15) is 9.18 Å². The Bertz CT molecular complexity index is 988. The largest absolute Gasteiger partial charge is 0.484 e. The molecule has 0 saturated carbocycles. The summed E-state index contributed by atoms with van der Waals surface area (Å²) in [7, 11) is 0. The molecule has 0 radical (unpaired) electrons. The molecule has 0 N–H and O–H groups in total. The van der Waals surface area contributed by atoms with Gasteiger partial charge in [-0.15, -0.1) is 0 Å². The zero-order valence-corrected chi connectivity index (χ0v) is 17.8. The van der Waals surface area contributed by atoms with Crippen LogP contribution in [0.3, 0.4) is 0 Å². The third kappa shape index (κ3) is 5.43. The minimum atomic E-state index is -0.244. The normalized spacial score (nSPS) is 15.5. The number of hydrogen-bond acceptors (Lipinski definition) is 3. The highest BCUT2D eigenvalue weighted by Crippen LogP contribution is 2.29. The summed E-state index contributed by atoms with van der Waals surface area (Å²) >= 11 is 5.88. The first-order chi connectivity index (χ1) is 15.1. The summed E-state index contributed by atoms with van der Waals surface area (Å²) in [6.07, 6.45) is 0. The van der Waals surface area contributed by atoms with Gasteiger partial charge in [0.25, 0.3) is 5.91 Å². The van der Waals surface area contributed by atoms with E-state index in [-0.39, 0.29) is 24.4 Å². The van der Waals surface area contributed by atoms with Crippen LogP contribution in [0.15, 0.2) is 78.9 Å². The Balaban J connectivity index is 1.40. The van der Waals surface area contributed by atoms with Crippen LogP contribution in [0.1, 0.15) is 17.2 Å². The first-order valence-corrected chi connectivity index (χ1v) is 10.7. The standard InChI is InChI=1S/C25H24ClFN2O2/c26-21-8-12-23(13-9-21)31-18-24(30)28-14-16-29(17-15-28)25(19-4-2-1-3-5-19)20-6-10-22(27)11-7-20/h1-13,25H,14-18H2/t25-/m0/s1. The summed E-state index contributed by atoms with van der Waals surface area (Å²) in [6.45, 7) is 2.69. The van der Waals surface area contributed by atoms with Crippen LogP contribution in [-0.4, -0.2) is 48.5 Å². The van der Waals surface area contributed by atoms with Crippen LogP contribution in [0.5, 0.6) is 5.75 Å². The van der Waals surface area contributed by atoms with Crippen LogP contribution < -0.4 is 4.74 Å². The number of rotatable bonds is 6. The highest BCUT2D eigenvalue weighted by atomic mass is 35.5. The Morgan fingerprint density at radius 2 is 1.48 bits per heavy atom. The average molecular weight is 439 g/mol.